The second-order valence-electron chi connectivity index (χ2n) is 5.27. The van der Waals surface area contributed by atoms with E-state index in [0.29, 0.717) is 16.0 Å². The number of allylic oxidation sites excluding steroid dienone is 1. The van der Waals surface area contributed by atoms with Crippen LogP contribution < -0.4 is 5.32 Å². The fraction of sp³-hybridized carbons (Fsp3) is 0.0625. The summed E-state index contributed by atoms with van der Waals surface area (Å²) in [6.07, 6.45) is 2.04. The van der Waals surface area contributed by atoms with Crippen molar-refractivity contribution in [1.82, 2.24) is 20.2 Å². The van der Waals surface area contributed by atoms with E-state index in [2.05, 4.69) is 36.8 Å². The smallest absolute Gasteiger partial charge is 0.248 e. The number of anilines is 1. The van der Waals surface area contributed by atoms with Gasteiger partial charge in [-0.05, 0) is 51.9 Å². The van der Waals surface area contributed by atoms with Crippen LogP contribution in [0, 0.1) is 0 Å². The minimum absolute atomic E-state index is 0.223. The Balaban J connectivity index is 1.83. The van der Waals surface area contributed by atoms with Gasteiger partial charge in [0.05, 0.1) is 0 Å². The molecular weight excluding hydrogens is 413 g/mol. The molecule has 1 aliphatic rings. The van der Waals surface area contributed by atoms with Crippen molar-refractivity contribution in [2.45, 2.75) is 6.04 Å². The molecule has 120 valence electrons. The number of hydrogen-bond donors (Lipinski definition) is 1. The van der Waals surface area contributed by atoms with Crippen LogP contribution in [-0.2, 0) is 0 Å². The number of hydrogen-bond acceptors (Lipinski definition) is 4. The maximum Gasteiger partial charge on any atom is 0.248 e. The van der Waals surface area contributed by atoms with Gasteiger partial charge < -0.3 is 5.32 Å². The van der Waals surface area contributed by atoms with Crippen LogP contribution in [0.25, 0.3) is 5.70 Å². The average molecular weight is 423 g/mol. The molecule has 0 radical (unpaired) electrons. The molecule has 2 heterocycles. The molecule has 1 aromatic heterocycles. The molecule has 1 atom stereocenters. The molecule has 3 aromatic rings. The van der Waals surface area contributed by atoms with Crippen LogP contribution in [0.4, 0.5) is 5.95 Å². The topological polar surface area (TPSA) is 55.6 Å². The van der Waals surface area contributed by atoms with E-state index in [1.165, 1.54) is 0 Å². The van der Waals surface area contributed by atoms with Gasteiger partial charge in [-0.25, -0.2) is 0 Å². The Labute approximate surface area is 156 Å². The number of nitrogens with one attached hydrogen (secondary N) is 1. The molecule has 0 saturated carbocycles. The summed E-state index contributed by atoms with van der Waals surface area (Å²) in [6, 6.07) is 13.2. The molecule has 0 saturated heterocycles. The number of nitrogens with zero attached hydrogens (tertiary/aromatic N) is 4. The molecule has 0 spiro atoms. The second kappa shape index (κ2) is 6.20. The average Bonchev–Trinajstić information content (AvgIpc) is 3.03. The maximum atomic E-state index is 6.39. The number of halogens is 3. The van der Waals surface area contributed by atoms with Gasteiger partial charge in [0.2, 0.25) is 5.95 Å². The number of tetrazole rings is 1. The molecule has 1 aliphatic heterocycles. The zero-order chi connectivity index (χ0) is 16.7. The fourth-order valence-corrected chi connectivity index (χ4v) is 3.40. The first kappa shape index (κ1) is 15.6. The van der Waals surface area contributed by atoms with E-state index < -0.39 is 0 Å². The highest BCUT2D eigenvalue weighted by molar-refractivity contribution is 9.10. The number of fused-ring (bicyclic) bond motifs is 1. The van der Waals surface area contributed by atoms with Gasteiger partial charge in [-0.15, -0.1) is 0 Å². The second-order valence-corrected chi connectivity index (χ2v) is 7.03. The monoisotopic (exact) mass is 421 g/mol. The summed E-state index contributed by atoms with van der Waals surface area (Å²) in [5, 5.41) is 16.3. The third kappa shape index (κ3) is 2.81. The Hall–Kier alpha value is -1.89. The van der Waals surface area contributed by atoms with Crippen LogP contribution >= 0.6 is 39.1 Å². The number of aromatic nitrogens is 4. The summed E-state index contributed by atoms with van der Waals surface area (Å²) in [6.45, 7) is 0. The van der Waals surface area contributed by atoms with Crippen molar-refractivity contribution >= 4 is 50.8 Å². The zero-order valence-corrected chi connectivity index (χ0v) is 15.2. The standard InChI is InChI=1S/C16H10BrCl2N5/c17-10-3-1-9(2-4-10)14-8-15(24-16(20-14)21-22-23-24)12-6-5-11(18)7-13(12)19/h1-8,15H,(H,20,21,23)/t15-/m1/s1. The SMILES string of the molecule is Clc1ccc([C@H]2C=C(c3ccc(Br)cc3)Nc3nnnn32)c(Cl)c1. The first-order chi connectivity index (χ1) is 11.6. The van der Waals surface area contributed by atoms with Crippen LogP contribution in [0.5, 0.6) is 0 Å². The lowest BCUT2D eigenvalue weighted by molar-refractivity contribution is 0.586. The molecule has 5 nitrogen and oxygen atoms in total. The predicted octanol–water partition coefficient (Wildman–Crippen LogP) is 4.80. The van der Waals surface area contributed by atoms with Crippen LogP contribution in [0.2, 0.25) is 10.0 Å². The highest BCUT2D eigenvalue weighted by atomic mass is 79.9. The predicted molar refractivity (Wildman–Crippen MR) is 98.2 cm³/mol. The molecule has 4 rings (SSSR count). The van der Waals surface area contributed by atoms with Gasteiger partial charge in [-0.3, -0.25) is 0 Å². The van der Waals surface area contributed by atoms with E-state index in [1.54, 1.807) is 10.7 Å². The third-order valence-electron chi connectivity index (χ3n) is 3.76. The summed E-state index contributed by atoms with van der Waals surface area (Å²) in [5.41, 5.74) is 2.83. The fourth-order valence-electron chi connectivity index (χ4n) is 2.61. The van der Waals surface area contributed by atoms with Gasteiger partial charge >= 0.3 is 0 Å². The van der Waals surface area contributed by atoms with E-state index >= 15 is 0 Å². The van der Waals surface area contributed by atoms with Crippen LogP contribution in [0.1, 0.15) is 17.2 Å². The van der Waals surface area contributed by atoms with Gasteiger partial charge in [-0.1, -0.05) is 62.4 Å². The molecule has 0 amide bonds. The first-order valence-corrected chi connectivity index (χ1v) is 8.64. The van der Waals surface area contributed by atoms with Gasteiger partial charge in [-0.2, -0.15) is 4.68 Å². The summed E-state index contributed by atoms with van der Waals surface area (Å²) >= 11 is 15.8. The Bertz CT molecular complexity index is 936. The molecule has 1 N–H and O–H groups in total. The highest BCUT2D eigenvalue weighted by Crippen LogP contribution is 2.35. The quantitative estimate of drug-likeness (QED) is 0.644. The molecule has 0 fully saturated rings. The summed E-state index contributed by atoms with van der Waals surface area (Å²) < 4.78 is 2.71. The van der Waals surface area contributed by atoms with E-state index in [-0.39, 0.29) is 6.04 Å². The Kier molecular flexibility index (Phi) is 4.04. The maximum absolute atomic E-state index is 6.39. The lowest BCUT2D eigenvalue weighted by atomic mass is 10.0. The minimum atomic E-state index is -0.223. The Morgan fingerprint density at radius 1 is 1.08 bits per heavy atom. The van der Waals surface area contributed by atoms with Crippen molar-refractivity contribution in [3.63, 3.8) is 0 Å². The highest BCUT2D eigenvalue weighted by Gasteiger charge is 2.25. The molecule has 24 heavy (non-hydrogen) atoms. The Morgan fingerprint density at radius 2 is 1.88 bits per heavy atom. The van der Waals surface area contributed by atoms with E-state index in [9.17, 15) is 0 Å². The van der Waals surface area contributed by atoms with Crippen molar-refractivity contribution in [2.24, 2.45) is 0 Å². The first-order valence-electron chi connectivity index (χ1n) is 7.09. The van der Waals surface area contributed by atoms with Gasteiger partial charge in [0.25, 0.3) is 0 Å². The van der Waals surface area contributed by atoms with E-state index in [4.69, 9.17) is 23.2 Å². The van der Waals surface area contributed by atoms with Crippen LogP contribution in [-0.4, -0.2) is 20.2 Å². The van der Waals surface area contributed by atoms with Crippen LogP contribution in [0.3, 0.4) is 0 Å². The van der Waals surface area contributed by atoms with Crippen molar-refractivity contribution in [3.8, 4) is 0 Å². The summed E-state index contributed by atoms with van der Waals surface area (Å²) in [7, 11) is 0. The molecule has 0 aliphatic carbocycles. The van der Waals surface area contributed by atoms with Crippen LogP contribution in [0.15, 0.2) is 53.0 Å². The van der Waals surface area contributed by atoms with E-state index in [1.807, 2.05) is 42.5 Å². The van der Waals surface area contributed by atoms with Crippen molar-refractivity contribution < 1.29 is 0 Å². The molecule has 0 bridgehead atoms. The van der Waals surface area contributed by atoms with Crippen molar-refractivity contribution in [3.05, 3.63) is 74.2 Å². The Morgan fingerprint density at radius 3 is 2.62 bits per heavy atom. The lowest BCUT2D eigenvalue weighted by Crippen LogP contribution is -2.20. The van der Waals surface area contributed by atoms with Crippen molar-refractivity contribution in [2.75, 3.05) is 5.32 Å². The normalized spacial score (nSPS) is 16.3. The molecule has 0 unspecified atom stereocenters. The zero-order valence-electron chi connectivity index (χ0n) is 12.1. The molecule has 8 heteroatoms. The number of benzene rings is 2. The number of rotatable bonds is 2. The third-order valence-corrected chi connectivity index (χ3v) is 4.85. The van der Waals surface area contributed by atoms with E-state index in [0.717, 1.165) is 21.3 Å². The van der Waals surface area contributed by atoms with Gasteiger partial charge in [0.1, 0.15) is 6.04 Å². The minimum Gasteiger partial charge on any atom is -0.323 e. The molecule has 2 aromatic carbocycles. The summed E-state index contributed by atoms with van der Waals surface area (Å²) in [4.78, 5) is 0. The van der Waals surface area contributed by atoms with Gasteiger partial charge in [0, 0.05) is 20.2 Å². The largest absolute Gasteiger partial charge is 0.323 e. The summed E-state index contributed by atoms with van der Waals surface area (Å²) in [5.74, 6) is 0.562. The lowest BCUT2D eigenvalue weighted by Gasteiger charge is -2.24. The van der Waals surface area contributed by atoms with Gasteiger partial charge in [0.15, 0.2) is 0 Å². The molecular formula is C16H10BrCl2N5. The van der Waals surface area contributed by atoms with Crippen molar-refractivity contribution in [1.29, 1.82) is 0 Å².